The van der Waals surface area contributed by atoms with Crippen LogP contribution in [0.2, 0.25) is 0 Å². The molecule has 1 aromatic rings. The van der Waals surface area contributed by atoms with Crippen molar-refractivity contribution in [2.45, 2.75) is 12.8 Å². The van der Waals surface area contributed by atoms with Crippen LogP contribution in [0.3, 0.4) is 0 Å². The van der Waals surface area contributed by atoms with E-state index in [1.54, 1.807) is 0 Å². The first-order valence-electron chi connectivity index (χ1n) is 5.03. The fourth-order valence-electron chi connectivity index (χ4n) is 1.65. The third-order valence-corrected chi connectivity index (χ3v) is 2.44. The van der Waals surface area contributed by atoms with E-state index in [9.17, 15) is 0 Å². The molecule has 0 aliphatic heterocycles. The van der Waals surface area contributed by atoms with E-state index in [-0.39, 0.29) is 0 Å². The van der Waals surface area contributed by atoms with Crippen molar-refractivity contribution in [3.05, 3.63) is 60.2 Å². The second-order valence-corrected chi connectivity index (χ2v) is 3.46. The second kappa shape index (κ2) is 7.93. The van der Waals surface area contributed by atoms with E-state index >= 15 is 0 Å². The second-order valence-electron chi connectivity index (χ2n) is 3.46. The van der Waals surface area contributed by atoms with E-state index in [4.69, 9.17) is 0 Å². The molecule has 1 aromatic carbocycles. The first-order valence-corrected chi connectivity index (χ1v) is 7.18. The van der Waals surface area contributed by atoms with Gasteiger partial charge in [-0.3, -0.25) is 0 Å². The molecule has 0 unspecified atom stereocenters. The van der Waals surface area contributed by atoms with Gasteiger partial charge in [-0.15, -0.1) is 0 Å². The van der Waals surface area contributed by atoms with Crippen molar-refractivity contribution in [1.29, 1.82) is 0 Å². The molecular formula is C13H14ClTi. The summed E-state index contributed by atoms with van der Waals surface area (Å²) >= 11 is 1.47. The quantitative estimate of drug-likeness (QED) is 0.713. The summed E-state index contributed by atoms with van der Waals surface area (Å²) in [4.78, 5) is 0. The zero-order valence-corrected chi connectivity index (χ0v) is 10.9. The molecule has 0 spiro atoms. The van der Waals surface area contributed by atoms with Gasteiger partial charge in [0.15, 0.2) is 0 Å². The molecule has 77 valence electrons. The minimum atomic E-state index is 0.667. The molecule has 0 bridgehead atoms. The first kappa shape index (κ1) is 12.8. The predicted octanol–water partition coefficient (Wildman–Crippen LogP) is 4.05. The summed E-state index contributed by atoms with van der Waals surface area (Å²) in [5, 5.41) is 0. The van der Waals surface area contributed by atoms with E-state index in [1.165, 1.54) is 37.8 Å². The van der Waals surface area contributed by atoms with Crippen molar-refractivity contribution < 1.29 is 19.4 Å². The standard InChI is InChI=1S/C13H14.ClH.Ti/c1-2-6-12(7-3-1)10-11-13-8-4-5-9-13;;/h1-9,13H,10-11H2;1H;/q;;+1/p-1. The number of hydrogen-bond acceptors (Lipinski definition) is 0. The molecule has 1 aliphatic rings. The topological polar surface area (TPSA) is 0 Å². The zero-order valence-electron chi connectivity index (χ0n) is 8.57. The van der Waals surface area contributed by atoms with E-state index in [2.05, 4.69) is 63.9 Å². The Morgan fingerprint density at radius 3 is 2.20 bits per heavy atom. The molecule has 15 heavy (non-hydrogen) atoms. The maximum atomic E-state index is 4.64. The molecular weight excluding hydrogens is 239 g/mol. The van der Waals surface area contributed by atoms with E-state index in [0.29, 0.717) is 5.92 Å². The summed E-state index contributed by atoms with van der Waals surface area (Å²) in [5.74, 6) is 0.667. The summed E-state index contributed by atoms with van der Waals surface area (Å²) in [7, 11) is 4.64. The number of aryl methyl sites for hydroxylation is 1. The number of halogens is 1. The fraction of sp³-hybridized carbons (Fsp3) is 0.231. The van der Waals surface area contributed by atoms with Gasteiger partial charge in [0, 0.05) is 0 Å². The van der Waals surface area contributed by atoms with Gasteiger partial charge in [0.25, 0.3) is 0 Å². The molecule has 0 saturated carbocycles. The van der Waals surface area contributed by atoms with Crippen LogP contribution in [-0.2, 0) is 25.8 Å². The average molecular weight is 254 g/mol. The number of benzene rings is 1. The van der Waals surface area contributed by atoms with Crippen LogP contribution in [0, 0.1) is 5.92 Å². The Morgan fingerprint density at radius 1 is 1.00 bits per heavy atom. The van der Waals surface area contributed by atoms with E-state index in [0.717, 1.165) is 0 Å². The van der Waals surface area contributed by atoms with Crippen molar-refractivity contribution in [3.63, 3.8) is 0 Å². The third kappa shape index (κ3) is 4.84. The van der Waals surface area contributed by atoms with Crippen molar-refractivity contribution in [2.24, 2.45) is 5.92 Å². The van der Waals surface area contributed by atoms with Crippen molar-refractivity contribution in [3.8, 4) is 0 Å². The molecule has 0 fully saturated rings. The van der Waals surface area contributed by atoms with Gasteiger partial charge in [-0.05, 0) is 24.3 Å². The van der Waals surface area contributed by atoms with Crippen LogP contribution < -0.4 is 0 Å². The van der Waals surface area contributed by atoms with Gasteiger partial charge in [-0.2, -0.15) is 0 Å². The molecule has 0 nitrogen and oxygen atoms in total. The van der Waals surface area contributed by atoms with Gasteiger partial charge in [-0.25, -0.2) is 0 Å². The summed E-state index contributed by atoms with van der Waals surface area (Å²) < 4.78 is 0. The Bertz CT molecular complexity index is 305. The Balaban J connectivity index is 0.000000531. The van der Waals surface area contributed by atoms with Crippen LogP contribution >= 0.6 is 9.30 Å². The number of rotatable bonds is 3. The fourth-order valence-corrected chi connectivity index (χ4v) is 1.65. The van der Waals surface area contributed by atoms with Crippen molar-refractivity contribution in [1.82, 2.24) is 0 Å². The molecule has 0 saturated heterocycles. The van der Waals surface area contributed by atoms with E-state index in [1.807, 2.05) is 0 Å². The van der Waals surface area contributed by atoms with Crippen LogP contribution in [0.25, 0.3) is 0 Å². The van der Waals surface area contributed by atoms with Gasteiger partial charge in [0.2, 0.25) is 0 Å². The SMILES string of the molecule is C1=CC(CCc2ccccc2)C=C1.[Cl][Ti]. The molecule has 0 N–H and O–H groups in total. The summed E-state index contributed by atoms with van der Waals surface area (Å²) in [6.07, 6.45) is 11.2. The van der Waals surface area contributed by atoms with Crippen molar-refractivity contribution in [2.75, 3.05) is 0 Å². The number of hydrogen-bond donors (Lipinski definition) is 0. The molecule has 0 atom stereocenters. The van der Waals surface area contributed by atoms with Crippen LogP contribution in [0.15, 0.2) is 54.6 Å². The van der Waals surface area contributed by atoms with E-state index < -0.39 is 0 Å². The Hall–Kier alpha value is -0.296. The van der Waals surface area contributed by atoms with Crippen molar-refractivity contribution >= 4 is 9.30 Å². The molecule has 1 aliphatic carbocycles. The average Bonchev–Trinajstić information content (AvgIpc) is 2.83. The van der Waals surface area contributed by atoms with Crippen LogP contribution in [-0.4, -0.2) is 0 Å². The monoisotopic (exact) mass is 253 g/mol. The minimum absolute atomic E-state index is 0.667. The zero-order chi connectivity index (χ0) is 10.9. The molecule has 2 heteroatoms. The Morgan fingerprint density at radius 2 is 1.60 bits per heavy atom. The third-order valence-electron chi connectivity index (χ3n) is 2.44. The van der Waals surface area contributed by atoms with Crippen LogP contribution in [0.4, 0.5) is 0 Å². The molecule has 2 rings (SSSR count). The first-order chi connectivity index (χ1) is 7.45. The van der Waals surface area contributed by atoms with Crippen LogP contribution in [0.5, 0.6) is 0 Å². The molecule has 0 aromatic heterocycles. The number of allylic oxidation sites excluding steroid dienone is 4. The van der Waals surface area contributed by atoms with Gasteiger partial charge in [0.1, 0.15) is 0 Å². The van der Waals surface area contributed by atoms with Gasteiger partial charge in [0.05, 0.1) is 0 Å². The normalized spacial score (nSPS) is 13.6. The van der Waals surface area contributed by atoms with Gasteiger partial charge < -0.3 is 0 Å². The summed E-state index contributed by atoms with van der Waals surface area (Å²) in [6, 6.07) is 10.7. The maximum absolute atomic E-state index is 4.64. The molecule has 0 amide bonds. The van der Waals surface area contributed by atoms with Gasteiger partial charge >= 0.3 is 28.7 Å². The van der Waals surface area contributed by atoms with Gasteiger partial charge in [-0.1, -0.05) is 54.6 Å². The molecule has 0 radical (unpaired) electrons. The Kier molecular flexibility index (Phi) is 6.75. The Labute approximate surface area is 107 Å². The summed E-state index contributed by atoms with van der Waals surface area (Å²) in [6.45, 7) is 0. The summed E-state index contributed by atoms with van der Waals surface area (Å²) in [5.41, 5.74) is 1.44. The van der Waals surface area contributed by atoms with Crippen LogP contribution in [0.1, 0.15) is 12.0 Å². The predicted molar refractivity (Wildman–Crippen MR) is 62.4 cm³/mol. The molecule has 0 heterocycles.